The molecule has 0 bridgehead atoms. The van der Waals surface area contributed by atoms with Crippen LogP contribution in [0.25, 0.3) is 5.69 Å². The Labute approximate surface area is 169 Å². The third kappa shape index (κ3) is 3.99. The van der Waals surface area contributed by atoms with Gasteiger partial charge in [0.1, 0.15) is 11.6 Å². The Hall–Kier alpha value is -3.22. The van der Waals surface area contributed by atoms with Crippen molar-refractivity contribution in [2.24, 2.45) is 0 Å². The highest BCUT2D eigenvalue weighted by atomic mass is 19.1. The van der Waals surface area contributed by atoms with Crippen LogP contribution in [0.15, 0.2) is 48.8 Å². The van der Waals surface area contributed by atoms with Gasteiger partial charge in [0, 0.05) is 13.1 Å². The van der Waals surface area contributed by atoms with Crippen LogP contribution in [0.4, 0.5) is 15.9 Å². The number of carbonyl (C=O) groups excluding carboxylic acids is 1. The number of carbonyl (C=O) groups is 1. The molecule has 1 aromatic carbocycles. The van der Waals surface area contributed by atoms with Crippen molar-refractivity contribution in [1.82, 2.24) is 14.8 Å². The Kier molecular flexibility index (Phi) is 5.29. The van der Waals surface area contributed by atoms with E-state index in [0.29, 0.717) is 16.9 Å². The SMILES string of the molecule is CC(C)c1c(C(=O)Nc2ccc(N3CCCC3)nc2)cnn1-c1ccc(F)cc1. The Balaban J connectivity index is 1.56. The molecule has 0 aliphatic carbocycles. The third-order valence-electron chi connectivity index (χ3n) is 5.10. The van der Waals surface area contributed by atoms with Gasteiger partial charge < -0.3 is 10.2 Å². The zero-order chi connectivity index (χ0) is 20.4. The van der Waals surface area contributed by atoms with Gasteiger partial charge in [-0.3, -0.25) is 4.79 Å². The lowest BCUT2D eigenvalue weighted by Gasteiger charge is -2.16. The largest absolute Gasteiger partial charge is 0.357 e. The first kappa shape index (κ1) is 19.1. The fourth-order valence-electron chi connectivity index (χ4n) is 3.67. The summed E-state index contributed by atoms with van der Waals surface area (Å²) in [5, 5.41) is 7.29. The molecule has 0 unspecified atom stereocenters. The number of pyridine rings is 1. The van der Waals surface area contributed by atoms with Gasteiger partial charge in [0.25, 0.3) is 5.91 Å². The molecular formula is C22H24FN5O. The van der Waals surface area contributed by atoms with Gasteiger partial charge in [-0.2, -0.15) is 5.10 Å². The van der Waals surface area contributed by atoms with E-state index >= 15 is 0 Å². The third-order valence-corrected chi connectivity index (χ3v) is 5.10. The molecule has 4 rings (SSSR count). The topological polar surface area (TPSA) is 63.1 Å². The van der Waals surface area contributed by atoms with E-state index in [1.807, 2.05) is 26.0 Å². The summed E-state index contributed by atoms with van der Waals surface area (Å²) < 4.78 is 14.9. The molecule has 1 aliphatic rings. The van der Waals surface area contributed by atoms with Gasteiger partial charge in [-0.05, 0) is 55.2 Å². The molecule has 150 valence electrons. The molecule has 29 heavy (non-hydrogen) atoms. The van der Waals surface area contributed by atoms with Crippen molar-refractivity contribution < 1.29 is 9.18 Å². The standard InChI is InChI=1S/C22H24FN5O/c1-15(2)21-19(14-25-28(21)18-8-5-16(23)6-9-18)22(29)26-17-7-10-20(24-13-17)27-11-3-4-12-27/h5-10,13-15H,3-4,11-12H2,1-2H3,(H,26,29). The number of hydrogen-bond acceptors (Lipinski definition) is 4. The molecule has 6 nitrogen and oxygen atoms in total. The quantitative estimate of drug-likeness (QED) is 0.699. The molecular weight excluding hydrogens is 369 g/mol. The molecule has 1 amide bonds. The second-order valence-corrected chi connectivity index (χ2v) is 7.54. The molecule has 7 heteroatoms. The number of nitrogens with zero attached hydrogens (tertiary/aromatic N) is 4. The Morgan fingerprint density at radius 1 is 1.07 bits per heavy atom. The second kappa shape index (κ2) is 8.03. The van der Waals surface area contributed by atoms with Gasteiger partial charge in [-0.15, -0.1) is 0 Å². The fourth-order valence-corrected chi connectivity index (χ4v) is 3.67. The Morgan fingerprint density at radius 2 is 1.79 bits per heavy atom. The van der Waals surface area contributed by atoms with Crippen molar-refractivity contribution in [2.75, 3.05) is 23.3 Å². The Bertz CT molecular complexity index is 989. The first-order valence-electron chi connectivity index (χ1n) is 9.89. The maximum absolute atomic E-state index is 13.3. The number of amides is 1. The van der Waals surface area contributed by atoms with Crippen LogP contribution >= 0.6 is 0 Å². The maximum atomic E-state index is 13.3. The predicted molar refractivity (Wildman–Crippen MR) is 111 cm³/mol. The van der Waals surface area contributed by atoms with Gasteiger partial charge in [0.2, 0.25) is 0 Å². The van der Waals surface area contributed by atoms with Crippen LogP contribution in [0.2, 0.25) is 0 Å². The number of anilines is 2. The summed E-state index contributed by atoms with van der Waals surface area (Å²) in [7, 11) is 0. The summed E-state index contributed by atoms with van der Waals surface area (Å²) in [6.45, 7) is 6.05. The maximum Gasteiger partial charge on any atom is 0.259 e. The van der Waals surface area contributed by atoms with Crippen molar-refractivity contribution in [3.05, 3.63) is 65.9 Å². The molecule has 1 saturated heterocycles. The van der Waals surface area contributed by atoms with Gasteiger partial charge in [0.05, 0.1) is 35.0 Å². The highest BCUT2D eigenvalue weighted by molar-refractivity contribution is 6.05. The van der Waals surface area contributed by atoms with E-state index < -0.39 is 0 Å². The molecule has 0 saturated carbocycles. The second-order valence-electron chi connectivity index (χ2n) is 7.54. The zero-order valence-corrected chi connectivity index (χ0v) is 16.6. The average molecular weight is 393 g/mol. The van der Waals surface area contributed by atoms with Gasteiger partial charge in [0.15, 0.2) is 0 Å². The zero-order valence-electron chi connectivity index (χ0n) is 16.6. The number of halogens is 1. The highest BCUT2D eigenvalue weighted by Crippen LogP contribution is 2.25. The predicted octanol–water partition coefficient (Wildman–Crippen LogP) is 4.38. The first-order chi connectivity index (χ1) is 14.0. The first-order valence-corrected chi connectivity index (χ1v) is 9.89. The van der Waals surface area contributed by atoms with Crippen LogP contribution in [-0.4, -0.2) is 33.8 Å². The smallest absolute Gasteiger partial charge is 0.259 e. The molecule has 0 radical (unpaired) electrons. The monoisotopic (exact) mass is 393 g/mol. The van der Waals surface area contributed by atoms with E-state index in [0.717, 1.165) is 24.6 Å². The van der Waals surface area contributed by atoms with Crippen molar-refractivity contribution in [1.29, 1.82) is 0 Å². The van der Waals surface area contributed by atoms with E-state index in [9.17, 15) is 9.18 Å². The van der Waals surface area contributed by atoms with Gasteiger partial charge in [-0.25, -0.2) is 14.1 Å². The van der Waals surface area contributed by atoms with Gasteiger partial charge >= 0.3 is 0 Å². The van der Waals surface area contributed by atoms with E-state index in [2.05, 4.69) is 20.3 Å². The number of aromatic nitrogens is 3. The van der Waals surface area contributed by atoms with E-state index in [1.165, 1.54) is 25.0 Å². The van der Waals surface area contributed by atoms with E-state index in [1.54, 1.807) is 29.2 Å². The molecule has 0 spiro atoms. The molecule has 1 aliphatic heterocycles. The Morgan fingerprint density at radius 3 is 2.41 bits per heavy atom. The van der Waals surface area contributed by atoms with Crippen molar-refractivity contribution in [2.45, 2.75) is 32.6 Å². The van der Waals surface area contributed by atoms with Crippen LogP contribution in [0.1, 0.15) is 48.7 Å². The van der Waals surface area contributed by atoms with Crippen LogP contribution in [0.5, 0.6) is 0 Å². The van der Waals surface area contributed by atoms with Crippen LogP contribution < -0.4 is 10.2 Å². The van der Waals surface area contributed by atoms with Crippen molar-refractivity contribution >= 4 is 17.4 Å². The number of rotatable bonds is 5. The molecule has 0 atom stereocenters. The molecule has 1 fully saturated rings. The summed E-state index contributed by atoms with van der Waals surface area (Å²) in [6, 6.07) is 9.88. The summed E-state index contributed by atoms with van der Waals surface area (Å²) >= 11 is 0. The summed E-state index contributed by atoms with van der Waals surface area (Å²) in [5.41, 5.74) is 2.62. The number of benzene rings is 1. The van der Waals surface area contributed by atoms with E-state index in [4.69, 9.17) is 0 Å². The molecule has 3 aromatic rings. The fraction of sp³-hybridized carbons (Fsp3) is 0.318. The van der Waals surface area contributed by atoms with E-state index in [-0.39, 0.29) is 17.6 Å². The summed E-state index contributed by atoms with van der Waals surface area (Å²) in [6.07, 6.45) is 5.62. The lowest BCUT2D eigenvalue weighted by molar-refractivity contribution is 0.102. The van der Waals surface area contributed by atoms with Crippen LogP contribution in [0, 0.1) is 5.82 Å². The van der Waals surface area contributed by atoms with Crippen molar-refractivity contribution in [3.8, 4) is 5.69 Å². The number of hydrogen-bond donors (Lipinski definition) is 1. The lowest BCUT2D eigenvalue weighted by Crippen LogP contribution is -2.19. The van der Waals surface area contributed by atoms with Crippen LogP contribution in [-0.2, 0) is 0 Å². The van der Waals surface area contributed by atoms with Crippen LogP contribution in [0.3, 0.4) is 0 Å². The summed E-state index contributed by atoms with van der Waals surface area (Å²) in [4.78, 5) is 19.6. The number of nitrogens with one attached hydrogen (secondary N) is 1. The molecule has 2 aromatic heterocycles. The minimum Gasteiger partial charge on any atom is -0.357 e. The average Bonchev–Trinajstić information content (AvgIpc) is 3.39. The van der Waals surface area contributed by atoms with Crippen molar-refractivity contribution in [3.63, 3.8) is 0 Å². The summed E-state index contributed by atoms with van der Waals surface area (Å²) in [5.74, 6) is 0.444. The molecule has 3 heterocycles. The lowest BCUT2D eigenvalue weighted by atomic mass is 10.0. The molecule has 1 N–H and O–H groups in total. The normalized spacial score (nSPS) is 13.9. The minimum absolute atomic E-state index is 0.0546. The highest BCUT2D eigenvalue weighted by Gasteiger charge is 2.21. The van der Waals surface area contributed by atoms with Gasteiger partial charge in [-0.1, -0.05) is 13.8 Å². The minimum atomic E-state index is -0.310.